The fourth-order valence-corrected chi connectivity index (χ4v) is 6.04. The fraction of sp³-hybridized carbons (Fsp3) is 0.923. The van der Waals surface area contributed by atoms with Crippen LogP contribution in [0.5, 0.6) is 0 Å². The summed E-state index contributed by atoms with van der Waals surface area (Å²) in [5, 5.41) is 0. The molecule has 0 amide bonds. The second-order valence-electron chi connectivity index (χ2n) is 9.97. The molecule has 7 atom stereocenters. The predicted molar refractivity (Wildman–Crippen MR) is 122 cm³/mol. The van der Waals surface area contributed by atoms with Gasteiger partial charge in [-0.3, -0.25) is 9.59 Å². The van der Waals surface area contributed by atoms with E-state index in [9.17, 15) is 9.59 Å². The molecule has 4 fully saturated rings. The molecule has 0 radical (unpaired) electrons. The molecule has 0 aromatic carbocycles. The van der Waals surface area contributed by atoms with Crippen molar-refractivity contribution in [3.63, 3.8) is 0 Å². The van der Waals surface area contributed by atoms with Crippen molar-refractivity contribution in [1.82, 2.24) is 0 Å². The number of cyclic esters (lactones) is 1. The maximum absolute atomic E-state index is 12.5. The van der Waals surface area contributed by atoms with Crippen LogP contribution in [0.25, 0.3) is 0 Å². The Bertz CT molecular complexity index is 628. The van der Waals surface area contributed by atoms with E-state index < -0.39 is 0 Å². The van der Waals surface area contributed by atoms with Crippen LogP contribution in [0.3, 0.4) is 0 Å². The van der Waals surface area contributed by atoms with Crippen molar-refractivity contribution in [2.45, 2.75) is 129 Å². The molecule has 184 valence electrons. The quantitative estimate of drug-likeness (QED) is 0.494. The van der Waals surface area contributed by atoms with Crippen molar-refractivity contribution in [3.05, 3.63) is 0 Å². The van der Waals surface area contributed by atoms with Crippen LogP contribution in [0.2, 0.25) is 0 Å². The van der Waals surface area contributed by atoms with E-state index >= 15 is 0 Å². The molecule has 32 heavy (non-hydrogen) atoms. The number of fused-ring (bicyclic) bond motifs is 1. The second kappa shape index (κ2) is 11.3. The normalized spacial score (nSPS) is 37.5. The monoisotopic (exact) mass is 452 g/mol. The van der Waals surface area contributed by atoms with Crippen molar-refractivity contribution >= 4 is 11.9 Å². The first-order chi connectivity index (χ1) is 15.4. The third-order valence-corrected chi connectivity index (χ3v) is 8.15. The van der Waals surface area contributed by atoms with Crippen LogP contribution in [0.1, 0.15) is 98.8 Å². The van der Waals surface area contributed by atoms with Crippen LogP contribution in [0.4, 0.5) is 0 Å². The molecule has 3 heterocycles. The van der Waals surface area contributed by atoms with Crippen LogP contribution in [0, 0.1) is 17.8 Å². The van der Waals surface area contributed by atoms with E-state index in [1.807, 2.05) is 0 Å². The highest BCUT2D eigenvalue weighted by atomic mass is 16.6. The summed E-state index contributed by atoms with van der Waals surface area (Å²) >= 11 is 0. The minimum absolute atomic E-state index is 0.00782. The highest BCUT2D eigenvalue weighted by Gasteiger charge is 2.52. The Morgan fingerprint density at radius 2 is 1.59 bits per heavy atom. The summed E-state index contributed by atoms with van der Waals surface area (Å²) in [5.74, 6) is 0.246. The summed E-state index contributed by atoms with van der Waals surface area (Å²) < 4.78 is 22.7. The van der Waals surface area contributed by atoms with Gasteiger partial charge in [0, 0.05) is 5.92 Å². The van der Waals surface area contributed by atoms with Crippen LogP contribution in [0.15, 0.2) is 0 Å². The van der Waals surface area contributed by atoms with E-state index in [0.29, 0.717) is 12.5 Å². The van der Waals surface area contributed by atoms with E-state index in [1.165, 1.54) is 12.8 Å². The van der Waals surface area contributed by atoms with Crippen molar-refractivity contribution in [1.29, 1.82) is 0 Å². The summed E-state index contributed by atoms with van der Waals surface area (Å²) in [7, 11) is 0. The minimum Gasteiger partial charge on any atom is -0.465 e. The van der Waals surface area contributed by atoms with Crippen molar-refractivity contribution in [2.75, 3.05) is 6.61 Å². The third kappa shape index (κ3) is 5.32. The number of ether oxygens (including phenoxy) is 4. The van der Waals surface area contributed by atoms with Gasteiger partial charge in [0.1, 0.15) is 5.60 Å². The van der Waals surface area contributed by atoms with Gasteiger partial charge in [0.25, 0.3) is 0 Å². The number of hydrogen-bond donors (Lipinski definition) is 0. The van der Waals surface area contributed by atoms with Gasteiger partial charge in [-0.15, -0.1) is 0 Å². The van der Waals surface area contributed by atoms with Gasteiger partial charge in [-0.2, -0.15) is 0 Å². The Morgan fingerprint density at radius 3 is 2.16 bits per heavy atom. The molecule has 1 aliphatic carbocycles. The molecule has 4 rings (SSSR count). The lowest BCUT2D eigenvalue weighted by Crippen LogP contribution is -2.36. The van der Waals surface area contributed by atoms with Gasteiger partial charge in [0.2, 0.25) is 0 Å². The van der Waals surface area contributed by atoms with E-state index in [0.717, 1.165) is 51.4 Å². The number of rotatable bonds is 7. The summed E-state index contributed by atoms with van der Waals surface area (Å²) in [6, 6.07) is 0. The maximum atomic E-state index is 12.5. The zero-order valence-corrected chi connectivity index (χ0v) is 20.8. The van der Waals surface area contributed by atoms with E-state index in [2.05, 4.69) is 34.6 Å². The third-order valence-electron chi connectivity index (χ3n) is 8.15. The predicted octanol–water partition coefficient (Wildman–Crippen LogP) is 5.21. The zero-order chi connectivity index (χ0) is 23.3. The largest absolute Gasteiger partial charge is 0.465 e. The maximum Gasteiger partial charge on any atom is 0.312 e. The molecule has 0 spiro atoms. The SMILES string of the molecule is CCC1CC(C(=O)OC2(CC)CCCC2)C(CC)O1.CCC1OC(CC)C2C(=O)OCC12. The smallest absolute Gasteiger partial charge is 0.312 e. The molecule has 6 heteroatoms. The number of carbonyl (C=O) groups is 2. The molecular formula is C26H44O6. The average molecular weight is 453 g/mol. The van der Waals surface area contributed by atoms with E-state index in [4.69, 9.17) is 18.9 Å². The first kappa shape index (κ1) is 25.5. The van der Waals surface area contributed by atoms with E-state index in [-0.39, 0.29) is 53.8 Å². The summed E-state index contributed by atoms with van der Waals surface area (Å²) in [6.07, 6.45) is 10.7. The summed E-state index contributed by atoms with van der Waals surface area (Å²) in [5.41, 5.74) is -0.167. The zero-order valence-electron chi connectivity index (χ0n) is 20.8. The first-order valence-corrected chi connectivity index (χ1v) is 13.1. The molecule has 7 unspecified atom stereocenters. The highest BCUT2D eigenvalue weighted by molar-refractivity contribution is 5.76. The molecule has 0 aromatic rings. The van der Waals surface area contributed by atoms with Gasteiger partial charge in [0.05, 0.1) is 42.9 Å². The molecule has 1 saturated carbocycles. The van der Waals surface area contributed by atoms with Crippen LogP contribution in [-0.2, 0) is 28.5 Å². The Balaban J connectivity index is 0.000000193. The number of esters is 2. The lowest BCUT2D eigenvalue weighted by Gasteiger charge is -2.30. The van der Waals surface area contributed by atoms with Gasteiger partial charge >= 0.3 is 11.9 Å². The molecule has 0 bridgehead atoms. The Labute approximate surface area is 194 Å². The van der Waals surface area contributed by atoms with Gasteiger partial charge in [-0.05, 0) is 64.2 Å². The molecule has 0 aromatic heterocycles. The average Bonchev–Trinajstić information content (AvgIpc) is 3.58. The Hall–Kier alpha value is -1.14. The molecule has 3 aliphatic heterocycles. The van der Waals surface area contributed by atoms with Gasteiger partial charge in [-0.25, -0.2) is 0 Å². The summed E-state index contributed by atoms with van der Waals surface area (Å²) in [6.45, 7) is 11.1. The topological polar surface area (TPSA) is 71.1 Å². The Morgan fingerprint density at radius 1 is 0.938 bits per heavy atom. The van der Waals surface area contributed by atoms with Gasteiger partial charge in [-0.1, -0.05) is 34.6 Å². The minimum atomic E-state index is -0.167. The van der Waals surface area contributed by atoms with E-state index in [1.54, 1.807) is 0 Å². The lowest BCUT2D eigenvalue weighted by molar-refractivity contribution is -0.166. The molecular weight excluding hydrogens is 408 g/mol. The standard InChI is InChI=1S/C16H28O3.C10H16O3/c1-4-12-11-13(14(5-2)18-12)15(17)19-16(6-3)9-7-8-10-16;1-3-7-6-5-12-10(11)9(6)8(4-2)13-7/h12-14H,4-11H2,1-3H3;6-9H,3-5H2,1-2H3. The second-order valence-corrected chi connectivity index (χ2v) is 9.97. The first-order valence-electron chi connectivity index (χ1n) is 13.1. The number of carbonyl (C=O) groups excluding carboxylic acids is 2. The van der Waals surface area contributed by atoms with Crippen molar-refractivity contribution < 1.29 is 28.5 Å². The van der Waals surface area contributed by atoms with Crippen molar-refractivity contribution in [3.8, 4) is 0 Å². The fourth-order valence-electron chi connectivity index (χ4n) is 6.04. The molecule has 3 saturated heterocycles. The number of hydrogen-bond acceptors (Lipinski definition) is 6. The molecule has 6 nitrogen and oxygen atoms in total. The van der Waals surface area contributed by atoms with Gasteiger partial charge < -0.3 is 18.9 Å². The summed E-state index contributed by atoms with van der Waals surface area (Å²) in [4.78, 5) is 23.9. The van der Waals surface area contributed by atoms with Crippen LogP contribution in [-0.4, -0.2) is 48.6 Å². The van der Waals surface area contributed by atoms with Crippen LogP contribution < -0.4 is 0 Å². The lowest BCUT2D eigenvalue weighted by atomic mass is 9.88. The van der Waals surface area contributed by atoms with Crippen molar-refractivity contribution in [2.24, 2.45) is 17.8 Å². The van der Waals surface area contributed by atoms with Gasteiger partial charge in [0.15, 0.2) is 0 Å². The highest BCUT2D eigenvalue weighted by Crippen LogP contribution is 2.41. The molecule has 0 N–H and O–H groups in total. The van der Waals surface area contributed by atoms with Crippen LogP contribution >= 0.6 is 0 Å². The molecule has 4 aliphatic rings. The Kier molecular flexibility index (Phi) is 9.02.